The van der Waals surface area contributed by atoms with Gasteiger partial charge in [0.05, 0.1) is 5.04 Å². The normalized spacial score (nSPS) is 17.9. The maximum Gasteiger partial charge on any atom is 0.245 e. The number of aliphatic imine (C=N–C) groups is 1. The minimum absolute atomic E-state index is 0.00688. The molecule has 1 amide bonds. The number of carbonyl (C=O) groups is 1. The van der Waals surface area contributed by atoms with Gasteiger partial charge in [-0.3, -0.25) is 9.79 Å². The molecule has 5 heteroatoms. The molecule has 0 aliphatic carbocycles. The van der Waals surface area contributed by atoms with Crippen LogP contribution >= 0.6 is 11.8 Å². The number of hydrogen-bond acceptors (Lipinski definition) is 4. The second-order valence-corrected chi connectivity index (χ2v) is 5.71. The van der Waals surface area contributed by atoms with Gasteiger partial charge in [0.2, 0.25) is 5.91 Å². The van der Waals surface area contributed by atoms with Crippen LogP contribution in [-0.4, -0.2) is 41.0 Å². The second-order valence-electron chi connectivity index (χ2n) is 4.70. The van der Waals surface area contributed by atoms with Gasteiger partial charge < -0.3 is 10.4 Å². The maximum absolute atomic E-state index is 12.0. The molecule has 0 saturated carbocycles. The second kappa shape index (κ2) is 8.07. The maximum atomic E-state index is 12.0. The van der Waals surface area contributed by atoms with Gasteiger partial charge in [-0.25, -0.2) is 0 Å². The highest BCUT2D eigenvalue weighted by Crippen LogP contribution is 2.23. The molecule has 2 rings (SSSR count). The summed E-state index contributed by atoms with van der Waals surface area (Å²) in [6.45, 7) is 0.883. The van der Waals surface area contributed by atoms with Gasteiger partial charge >= 0.3 is 0 Å². The van der Waals surface area contributed by atoms with Crippen molar-refractivity contribution < 1.29 is 9.90 Å². The number of unbranched alkanes of at least 4 members (excludes halogenated alkanes) is 2. The van der Waals surface area contributed by atoms with Crippen LogP contribution in [0.5, 0.6) is 0 Å². The smallest absolute Gasteiger partial charge is 0.245 e. The van der Waals surface area contributed by atoms with Crippen molar-refractivity contribution in [3.8, 4) is 0 Å². The molecule has 1 aliphatic heterocycles. The third kappa shape index (κ3) is 4.35. The Hall–Kier alpha value is -1.33. The van der Waals surface area contributed by atoms with E-state index in [-0.39, 0.29) is 18.6 Å². The number of benzene rings is 1. The van der Waals surface area contributed by atoms with Crippen molar-refractivity contribution in [1.29, 1.82) is 0 Å². The summed E-state index contributed by atoms with van der Waals surface area (Å²) >= 11 is 1.64. The Morgan fingerprint density at radius 2 is 2.10 bits per heavy atom. The van der Waals surface area contributed by atoms with E-state index in [9.17, 15) is 4.79 Å². The number of thioether (sulfide) groups is 1. The molecule has 0 aromatic heterocycles. The van der Waals surface area contributed by atoms with Crippen LogP contribution in [0, 0.1) is 0 Å². The number of carbonyl (C=O) groups excluding carboxylic acids is 1. The largest absolute Gasteiger partial charge is 0.396 e. The molecule has 0 saturated heterocycles. The fourth-order valence-corrected chi connectivity index (χ4v) is 3.04. The van der Waals surface area contributed by atoms with Gasteiger partial charge in [0.25, 0.3) is 0 Å². The molecule has 0 bridgehead atoms. The quantitative estimate of drug-likeness (QED) is 0.754. The van der Waals surface area contributed by atoms with Gasteiger partial charge in [0.15, 0.2) is 0 Å². The number of nitrogens with one attached hydrogen (secondary N) is 1. The Bertz CT molecular complexity index is 462. The summed E-state index contributed by atoms with van der Waals surface area (Å²) < 4.78 is 0. The number of amides is 1. The van der Waals surface area contributed by atoms with E-state index in [1.54, 1.807) is 11.8 Å². The summed E-state index contributed by atoms with van der Waals surface area (Å²) in [5.41, 5.74) is 1.08. The van der Waals surface area contributed by atoms with E-state index in [0.29, 0.717) is 12.3 Å². The van der Waals surface area contributed by atoms with Crippen LogP contribution in [0.25, 0.3) is 0 Å². The van der Waals surface area contributed by atoms with E-state index >= 15 is 0 Å². The van der Waals surface area contributed by atoms with Crippen LogP contribution in [0.2, 0.25) is 0 Å². The summed E-state index contributed by atoms with van der Waals surface area (Å²) in [6.07, 6.45) is 2.64. The number of aliphatic hydroxyl groups is 1. The van der Waals surface area contributed by atoms with Crippen molar-refractivity contribution >= 4 is 22.7 Å². The highest BCUT2D eigenvalue weighted by molar-refractivity contribution is 8.14. The van der Waals surface area contributed by atoms with E-state index in [4.69, 9.17) is 5.11 Å². The zero-order valence-corrected chi connectivity index (χ0v) is 12.2. The van der Waals surface area contributed by atoms with Crippen LogP contribution in [0.1, 0.15) is 24.8 Å². The molecular weight excluding hydrogens is 272 g/mol. The average Bonchev–Trinajstić information content (AvgIpc) is 2.98. The summed E-state index contributed by atoms with van der Waals surface area (Å²) in [4.78, 5) is 16.5. The van der Waals surface area contributed by atoms with Gasteiger partial charge in [-0.1, -0.05) is 30.3 Å². The van der Waals surface area contributed by atoms with Crippen LogP contribution < -0.4 is 5.32 Å². The summed E-state index contributed by atoms with van der Waals surface area (Å²) in [6, 6.07) is 9.69. The first-order valence-electron chi connectivity index (χ1n) is 6.96. The number of nitrogens with zero attached hydrogens (tertiary/aromatic N) is 1. The van der Waals surface area contributed by atoms with Crippen molar-refractivity contribution in [2.45, 2.75) is 25.3 Å². The number of hydrogen-bond donors (Lipinski definition) is 2. The third-order valence-corrected chi connectivity index (χ3v) is 4.21. The zero-order valence-electron chi connectivity index (χ0n) is 11.4. The number of rotatable bonds is 7. The molecule has 1 aromatic rings. The van der Waals surface area contributed by atoms with Gasteiger partial charge in [-0.15, -0.1) is 11.8 Å². The molecule has 108 valence electrons. The Morgan fingerprint density at radius 1 is 1.30 bits per heavy atom. The zero-order chi connectivity index (χ0) is 14.2. The molecule has 0 fully saturated rings. The van der Waals surface area contributed by atoms with Gasteiger partial charge in [0, 0.05) is 24.5 Å². The van der Waals surface area contributed by atoms with Gasteiger partial charge in [-0.2, -0.15) is 0 Å². The third-order valence-electron chi connectivity index (χ3n) is 3.11. The molecule has 2 N–H and O–H groups in total. The lowest BCUT2D eigenvalue weighted by molar-refractivity contribution is -0.121. The molecule has 4 nitrogen and oxygen atoms in total. The SMILES string of the molecule is O=C(NCCCCCO)C1CSC(c2ccccc2)=N1. The molecule has 0 radical (unpaired) electrons. The topological polar surface area (TPSA) is 61.7 Å². The first kappa shape index (κ1) is 15.1. The highest BCUT2D eigenvalue weighted by atomic mass is 32.2. The molecule has 20 heavy (non-hydrogen) atoms. The van der Waals surface area contributed by atoms with Crippen molar-refractivity contribution in [3.63, 3.8) is 0 Å². The van der Waals surface area contributed by atoms with Crippen LogP contribution in [0.15, 0.2) is 35.3 Å². The van der Waals surface area contributed by atoms with Crippen LogP contribution in [0.3, 0.4) is 0 Å². The minimum atomic E-state index is -0.270. The summed E-state index contributed by atoms with van der Waals surface area (Å²) in [5.74, 6) is 0.722. The lowest BCUT2D eigenvalue weighted by atomic mass is 10.2. The Balaban J connectivity index is 1.79. The fraction of sp³-hybridized carbons (Fsp3) is 0.467. The highest BCUT2D eigenvalue weighted by Gasteiger charge is 2.25. The summed E-state index contributed by atoms with van der Waals surface area (Å²) in [7, 11) is 0. The van der Waals surface area contributed by atoms with Gasteiger partial charge in [-0.05, 0) is 19.3 Å². The Kier molecular flexibility index (Phi) is 6.08. The predicted octanol–water partition coefficient (Wildman–Crippen LogP) is 1.83. The van der Waals surface area contributed by atoms with Gasteiger partial charge in [0.1, 0.15) is 6.04 Å². The molecule has 0 spiro atoms. The van der Waals surface area contributed by atoms with E-state index in [1.807, 2.05) is 30.3 Å². The monoisotopic (exact) mass is 292 g/mol. The molecule has 1 atom stereocenters. The molecule has 1 heterocycles. The first-order chi connectivity index (χ1) is 9.81. The standard InChI is InChI=1S/C15H20N2O2S/c18-10-6-2-5-9-16-14(19)13-11-20-15(17-13)12-7-3-1-4-8-12/h1,3-4,7-8,13,18H,2,5-6,9-11H2,(H,16,19). The van der Waals surface area contributed by atoms with Crippen molar-refractivity contribution in [1.82, 2.24) is 5.32 Å². The molecule has 1 unspecified atom stereocenters. The Labute approximate surface area is 123 Å². The fourth-order valence-electron chi connectivity index (χ4n) is 1.99. The van der Waals surface area contributed by atoms with E-state index in [2.05, 4.69) is 10.3 Å². The van der Waals surface area contributed by atoms with Crippen molar-refractivity contribution in [2.75, 3.05) is 18.9 Å². The first-order valence-corrected chi connectivity index (χ1v) is 7.94. The molecule has 1 aliphatic rings. The van der Waals surface area contributed by atoms with E-state index < -0.39 is 0 Å². The average molecular weight is 292 g/mol. The van der Waals surface area contributed by atoms with Crippen LogP contribution in [0.4, 0.5) is 0 Å². The van der Waals surface area contributed by atoms with Crippen molar-refractivity contribution in [2.24, 2.45) is 4.99 Å². The molecular formula is C15H20N2O2S. The lowest BCUT2D eigenvalue weighted by Crippen LogP contribution is -2.34. The Morgan fingerprint density at radius 3 is 2.85 bits per heavy atom. The van der Waals surface area contributed by atoms with Crippen LogP contribution in [-0.2, 0) is 4.79 Å². The van der Waals surface area contributed by atoms with E-state index in [0.717, 1.165) is 29.9 Å². The molecule has 1 aromatic carbocycles. The van der Waals surface area contributed by atoms with Crippen molar-refractivity contribution in [3.05, 3.63) is 35.9 Å². The van der Waals surface area contributed by atoms with E-state index in [1.165, 1.54) is 0 Å². The predicted molar refractivity (Wildman–Crippen MR) is 83.2 cm³/mol. The summed E-state index contributed by atoms with van der Waals surface area (Å²) in [5, 5.41) is 12.5. The lowest BCUT2D eigenvalue weighted by Gasteiger charge is -2.07. The number of aliphatic hydroxyl groups excluding tert-OH is 1. The minimum Gasteiger partial charge on any atom is -0.396 e.